The minimum atomic E-state index is 0.840. The summed E-state index contributed by atoms with van der Waals surface area (Å²) < 4.78 is 1.93. The quantitative estimate of drug-likeness (QED) is 0.480. The lowest BCUT2D eigenvalue weighted by molar-refractivity contribution is -0.476. The van der Waals surface area contributed by atoms with E-state index in [2.05, 4.69) is 17.2 Å². The van der Waals surface area contributed by atoms with Crippen LogP contribution in [0.1, 0.15) is 5.56 Å². The maximum Gasteiger partial charge on any atom is 0.236 e. The van der Waals surface area contributed by atoms with Crippen LogP contribution in [0, 0.1) is 0 Å². The van der Waals surface area contributed by atoms with Crippen LogP contribution in [0.5, 0.6) is 0 Å². The van der Waals surface area contributed by atoms with Gasteiger partial charge in [0.2, 0.25) is 5.69 Å². The highest BCUT2D eigenvalue weighted by atomic mass is 15.3. The van der Waals surface area contributed by atoms with Crippen LogP contribution in [0.2, 0.25) is 0 Å². The van der Waals surface area contributed by atoms with Crippen molar-refractivity contribution in [1.82, 2.24) is 0 Å². The molecule has 1 aromatic carbocycles. The minimum Gasteiger partial charge on any atom is -0.0911 e. The van der Waals surface area contributed by atoms with Gasteiger partial charge in [0.25, 0.3) is 0 Å². The van der Waals surface area contributed by atoms with Gasteiger partial charge < -0.3 is 0 Å². The third kappa shape index (κ3) is 0.652. The Balaban J connectivity index is 2.61. The number of nitrogens with zero attached hydrogens (tertiary/aromatic N) is 2. The Morgan fingerprint density at radius 2 is 2.20 bits per heavy atom. The van der Waals surface area contributed by atoms with E-state index in [9.17, 15) is 0 Å². The third-order valence-corrected chi connectivity index (χ3v) is 1.79. The second-order valence-corrected chi connectivity index (χ2v) is 2.45. The lowest BCUT2D eigenvalue weighted by Gasteiger charge is -1.87. The Bertz CT molecular complexity index is 289. The smallest absolute Gasteiger partial charge is 0.0911 e. The van der Waals surface area contributed by atoms with E-state index in [-0.39, 0.29) is 0 Å². The number of benzene rings is 1. The summed E-state index contributed by atoms with van der Waals surface area (Å²) in [6, 6.07) is 8.29. The van der Waals surface area contributed by atoms with Gasteiger partial charge in [-0.1, -0.05) is 22.9 Å². The van der Waals surface area contributed by atoms with Crippen molar-refractivity contribution in [3.63, 3.8) is 0 Å². The normalized spacial score (nSPS) is 14.7. The van der Waals surface area contributed by atoms with E-state index in [0.717, 1.165) is 6.54 Å². The highest BCUT2D eigenvalue weighted by Crippen LogP contribution is 2.23. The van der Waals surface area contributed by atoms with E-state index in [0.29, 0.717) is 0 Å². The topological polar surface area (TPSA) is 15.4 Å². The molecular weight excluding hydrogens is 124 g/mol. The van der Waals surface area contributed by atoms with Crippen molar-refractivity contribution in [3.8, 4) is 0 Å². The molecule has 0 fully saturated rings. The zero-order chi connectivity index (χ0) is 6.97. The first-order valence-corrected chi connectivity index (χ1v) is 3.37. The maximum atomic E-state index is 4.24. The van der Waals surface area contributed by atoms with E-state index in [1.165, 1.54) is 11.3 Å². The summed E-state index contributed by atoms with van der Waals surface area (Å²) in [5.74, 6) is 0. The minimum absolute atomic E-state index is 0.840. The maximum absolute atomic E-state index is 4.24. The molecule has 0 spiro atoms. The average Bonchev–Trinajstić information content (AvgIpc) is 2.34. The summed E-state index contributed by atoms with van der Waals surface area (Å²) in [5, 5.41) is 4.24. The standard InChI is InChI=1S/C8H9N2/c1-10-8-5-3-2-4-7(8)6-9-10/h2-5H,6H2,1H3/q+1. The van der Waals surface area contributed by atoms with Crippen LogP contribution in [-0.4, -0.2) is 11.7 Å². The van der Waals surface area contributed by atoms with Crippen LogP contribution >= 0.6 is 0 Å². The van der Waals surface area contributed by atoms with E-state index >= 15 is 0 Å². The molecule has 50 valence electrons. The Labute approximate surface area is 59.8 Å². The largest absolute Gasteiger partial charge is 0.236 e. The first-order chi connectivity index (χ1) is 4.88. The first-order valence-electron chi connectivity index (χ1n) is 3.37. The molecule has 2 nitrogen and oxygen atoms in total. The fourth-order valence-electron chi connectivity index (χ4n) is 1.22. The Kier molecular flexibility index (Phi) is 1.07. The van der Waals surface area contributed by atoms with E-state index < -0.39 is 0 Å². The van der Waals surface area contributed by atoms with Crippen molar-refractivity contribution in [1.29, 1.82) is 0 Å². The van der Waals surface area contributed by atoms with Gasteiger partial charge in [-0.25, -0.2) is 0 Å². The number of hydrogen-bond acceptors (Lipinski definition) is 1. The molecule has 0 N–H and O–H groups in total. The fourth-order valence-corrected chi connectivity index (χ4v) is 1.22. The molecule has 1 aliphatic rings. The lowest BCUT2D eigenvalue weighted by Crippen LogP contribution is -1.87. The summed E-state index contributed by atoms with van der Waals surface area (Å²) in [7, 11) is 1.98. The van der Waals surface area contributed by atoms with Crippen molar-refractivity contribution in [2.45, 2.75) is 6.54 Å². The predicted octanol–water partition coefficient (Wildman–Crippen LogP) is 1.93. The molecule has 0 saturated carbocycles. The zero-order valence-electron chi connectivity index (χ0n) is 5.91. The number of hydrogen-bond donors (Lipinski definition) is 0. The van der Waals surface area contributed by atoms with Gasteiger partial charge in [-0.15, -0.1) is 0 Å². The summed E-state index contributed by atoms with van der Waals surface area (Å²) in [4.78, 5) is 0. The molecule has 0 aliphatic carbocycles. The number of fused-ring (bicyclic) bond motifs is 1. The van der Waals surface area contributed by atoms with E-state index in [4.69, 9.17) is 0 Å². The molecule has 0 aromatic heterocycles. The number of rotatable bonds is 0. The highest BCUT2D eigenvalue weighted by molar-refractivity contribution is 5.40. The molecule has 0 bridgehead atoms. The first kappa shape index (κ1) is 5.59. The van der Waals surface area contributed by atoms with Crippen LogP contribution in [0.3, 0.4) is 0 Å². The van der Waals surface area contributed by atoms with Crippen molar-refractivity contribution in [2.75, 3.05) is 7.05 Å². The van der Waals surface area contributed by atoms with Crippen LogP contribution in [0.25, 0.3) is 0 Å². The summed E-state index contributed by atoms with van der Waals surface area (Å²) in [6.45, 7) is 0.840. The number of azo groups is 2. The van der Waals surface area contributed by atoms with Crippen LogP contribution in [-0.2, 0) is 6.54 Å². The van der Waals surface area contributed by atoms with Gasteiger partial charge in [0.1, 0.15) is 6.54 Å². The number of para-hydroxylation sites is 1. The summed E-state index contributed by atoms with van der Waals surface area (Å²) in [6.07, 6.45) is 0. The summed E-state index contributed by atoms with van der Waals surface area (Å²) >= 11 is 0. The van der Waals surface area contributed by atoms with Gasteiger partial charge in [0, 0.05) is 6.07 Å². The molecule has 0 unspecified atom stereocenters. The van der Waals surface area contributed by atoms with Crippen molar-refractivity contribution < 1.29 is 4.70 Å². The van der Waals surface area contributed by atoms with E-state index in [1.807, 2.05) is 23.9 Å². The lowest BCUT2D eigenvalue weighted by atomic mass is 10.2. The van der Waals surface area contributed by atoms with E-state index in [1.54, 1.807) is 0 Å². The Hall–Kier alpha value is -1.18. The Morgan fingerprint density at radius 3 is 3.00 bits per heavy atom. The molecule has 2 rings (SSSR count). The molecule has 1 aliphatic heterocycles. The van der Waals surface area contributed by atoms with Crippen LogP contribution in [0.15, 0.2) is 29.4 Å². The fraction of sp³-hybridized carbons (Fsp3) is 0.250. The van der Waals surface area contributed by atoms with Crippen molar-refractivity contribution in [2.24, 2.45) is 5.11 Å². The molecule has 0 radical (unpaired) electrons. The monoisotopic (exact) mass is 133 g/mol. The van der Waals surface area contributed by atoms with Crippen LogP contribution < -0.4 is 0 Å². The van der Waals surface area contributed by atoms with Gasteiger partial charge in [0.15, 0.2) is 7.05 Å². The van der Waals surface area contributed by atoms with Gasteiger partial charge in [-0.3, -0.25) is 0 Å². The molecule has 0 atom stereocenters. The predicted molar refractivity (Wildman–Crippen MR) is 38.4 cm³/mol. The van der Waals surface area contributed by atoms with Crippen molar-refractivity contribution in [3.05, 3.63) is 29.8 Å². The average molecular weight is 133 g/mol. The second-order valence-electron chi connectivity index (χ2n) is 2.45. The van der Waals surface area contributed by atoms with Gasteiger partial charge >= 0.3 is 0 Å². The SMILES string of the molecule is C[N+]1=NCc2ccccc21. The highest BCUT2D eigenvalue weighted by Gasteiger charge is 2.17. The van der Waals surface area contributed by atoms with Gasteiger partial charge in [-0.2, -0.15) is 0 Å². The Morgan fingerprint density at radius 1 is 1.40 bits per heavy atom. The molecule has 2 heteroatoms. The molecular formula is C8H9N2+. The molecule has 10 heavy (non-hydrogen) atoms. The van der Waals surface area contributed by atoms with Crippen LogP contribution in [0.4, 0.5) is 5.69 Å². The second kappa shape index (κ2) is 1.90. The van der Waals surface area contributed by atoms with Gasteiger partial charge in [-0.05, 0) is 5.11 Å². The van der Waals surface area contributed by atoms with Gasteiger partial charge in [0.05, 0.1) is 5.56 Å². The molecule has 1 aromatic rings. The summed E-state index contributed by atoms with van der Waals surface area (Å²) in [5.41, 5.74) is 2.56. The molecule has 0 saturated heterocycles. The molecule has 1 heterocycles. The zero-order valence-corrected chi connectivity index (χ0v) is 5.91. The molecule has 0 amide bonds. The van der Waals surface area contributed by atoms with Crippen molar-refractivity contribution >= 4 is 5.69 Å². The third-order valence-electron chi connectivity index (χ3n) is 1.79.